The zero-order valence-corrected chi connectivity index (χ0v) is 14.8. The molecular weight excluding hydrogens is 352 g/mol. The lowest BCUT2D eigenvalue weighted by Crippen LogP contribution is -1.97. The predicted octanol–water partition coefficient (Wildman–Crippen LogP) is 3.64. The Kier molecular flexibility index (Phi) is 3.83. The number of hydrogen-bond donors (Lipinski definition) is 2. The monoisotopic (exact) mass is 368 g/mol. The van der Waals surface area contributed by atoms with Crippen molar-refractivity contribution in [1.29, 1.82) is 0 Å². The number of aromatic nitrogens is 6. The second-order valence-corrected chi connectivity index (χ2v) is 6.54. The summed E-state index contributed by atoms with van der Waals surface area (Å²) in [7, 11) is 0. The summed E-state index contributed by atoms with van der Waals surface area (Å²) in [5.74, 6) is 0.564. The van der Waals surface area contributed by atoms with E-state index < -0.39 is 0 Å². The Hall–Kier alpha value is -4.00. The highest BCUT2D eigenvalue weighted by Gasteiger charge is 2.10. The molecule has 0 unspecified atom stereocenters. The third-order valence-electron chi connectivity index (χ3n) is 4.76. The van der Waals surface area contributed by atoms with Crippen LogP contribution < -0.4 is 0 Å². The summed E-state index contributed by atoms with van der Waals surface area (Å²) in [5, 5.41) is 23.8. The van der Waals surface area contributed by atoms with Crippen molar-refractivity contribution in [1.82, 2.24) is 30.2 Å². The fraction of sp³-hybridized carbons (Fsp3) is 0.0476. The first kappa shape index (κ1) is 16.2. The summed E-state index contributed by atoms with van der Waals surface area (Å²) in [6, 6.07) is 21.9. The Morgan fingerprint density at radius 3 is 2.57 bits per heavy atom. The number of fused-ring (bicyclic) bond motifs is 1. The van der Waals surface area contributed by atoms with Crippen LogP contribution in [0, 0.1) is 0 Å². The standard InChI is InChI=1S/C21H16N6O/c28-20-10-9-16(11-17(20)21-23-25-26-24-21)15-7-5-14(6-8-15)12-27-13-22-18-3-1-2-4-19(18)27/h1-11,13,28H,12H2,(H,23,24,25,26). The van der Waals surface area contributed by atoms with Crippen molar-refractivity contribution in [3.05, 3.63) is 78.6 Å². The Morgan fingerprint density at radius 1 is 0.929 bits per heavy atom. The van der Waals surface area contributed by atoms with Gasteiger partial charge in [-0.05, 0) is 51.4 Å². The molecule has 0 saturated heterocycles. The topological polar surface area (TPSA) is 92.5 Å². The molecule has 2 N–H and O–H groups in total. The minimum atomic E-state index is 0.130. The number of phenolic OH excluding ortho intramolecular Hbond substituents is 1. The van der Waals surface area contributed by atoms with E-state index in [1.54, 1.807) is 6.07 Å². The van der Waals surface area contributed by atoms with E-state index in [2.05, 4.69) is 60.5 Å². The quantitative estimate of drug-likeness (QED) is 0.505. The van der Waals surface area contributed by atoms with Gasteiger partial charge in [0.15, 0.2) is 5.82 Å². The summed E-state index contributed by atoms with van der Waals surface area (Å²) in [5.41, 5.74) is 5.90. The summed E-state index contributed by atoms with van der Waals surface area (Å²) < 4.78 is 2.14. The molecule has 0 aliphatic heterocycles. The van der Waals surface area contributed by atoms with Gasteiger partial charge in [-0.15, -0.1) is 5.10 Å². The third kappa shape index (κ3) is 2.88. The molecule has 0 bridgehead atoms. The first-order valence-electron chi connectivity index (χ1n) is 8.84. The third-order valence-corrected chi connectivity index (χ3v) is 4.76. The normalized spacial score (nSPS) is 11.1. The van der Waals surface area contributed by atoms with Crippen molar-refractivity contribution in [3.63, 3.8) is 0 Å². The molecule has 2 heterocycles. The highest BCUT2D eigenvalue weighted by Crippen LogP contribution is 2.31. The zero-order valence-electron chi connectivity index (χ0n) is 14.8. The van der Waals surface area contributed by atoms with E-state index in [0.717, 1.165) is 28.7 Å². The van der Waals surface area contributed by atoms with E-state index in [-0.39, 0.29) is 5.75 Å². The minimum absolute atomic E-state index is 0.130. The molecule has 136 valence electrons. The molecule has 0 spiro atoms. The van der Waals surface area contributed by atoms with Gasteiger partial charge in [0.1, 0.15) is 5.75 Å². The number of nitrogens with zero attached hydrogens (tertiary/aromatic N) is 5. The number of para-hydroxylation sites is 2. The van der Waals surface area contributed by atoms with Crippen molar-refractivity contribution < 1.29 is 5.11 Å². The number of imidazole rings is 1. The summed E-state index contributed by atoms with van der Waals surface area (Å²) in [4.78, 5) is 4.44. The highest BCUT2D eigenvalue weighted by atomic mass is 16.3. The first-order chi connectivity index (χ1) is 13.8. The van der Waals surface area contributed by atoms with Gasteiger partial charge >= 0.3 is 0 Å². The number of phenols is 1. The van der Waals surface area contributed by atoms with Crippen LogP contribution in [0.5, 0.6) is 5.75 Å². The molecule has 0 aliphatic rings. The molecule has 3 aromatic carbocycles. The largest absolute Gasteiger partial charge is 0.507 e. The van der Waals surface area contributed by atoms with Crippen LogP contribution in [0.25, 0.3) is 33.5 Å². The molecule has 7 nitrogen and oxygen atoms in total. The van der Waals surface area contributed by atoms with Crippen LogP contribution in [0.15, 0.2) is 73.1 Å². The van der Waals surface area contributed by atoms with E-state index in [9.17, 15) is 5.11 Å². The number of tetrazole rings is 1. The maximum atomic E-state index is 10.1. The molecular formula is C21H16N6O. The number of aromatic amines is 1. The number of aromatic hydroxyl groups is 1. The van der Waals surface area contributed by atoms with Crippen molar-refractivity contribution in [3.8, 4) is 28.3 Å². The number of H-pyrrole nitrogens is 1. The van der Waals surface area contributed by atoms with Crippen LogP contribution in [0.1, 0.15) is 5.56 Å². The van der Waals surface area contributed by atoms with Gasteiger partial charge in [-0.3, -0.25) is 0 Å². The predicted molar refractivity (Wildman–Crippen MR) is 106 cm³/mol. The zero-order chi connectivity index (χ0) is 18.9. The van der Waals surface area contributed by atoms with Crippen molar-refractivity contribution in [2.24, 2.45) is 0 Å². The van der Waals surface area contributed by atoms with Crippen molar-refractivity contribution >= 4 is 11.0 Å². The molecule has 5 aromatic rings. The minimum Gasteiger partial charge on any atom is -0.507 e. The molecule has 0 amide bonds. The van der Waals surface area contributed by atoms with Crippen LogP contribution in [0.3, 0.4) is 0 Å². The molecule has 0 aliphatic carbocycles. The molecule has 5 rings (SSSR count). The maximum absolute atomic E-state index is 10.1. The molecule has 7 heteroatoms. The van der Waals surface area contributed by atoms with E-state index >= 15 is 0 Å². The Balaban J connectivity index is 1.43. The maximum Gasteiger partial charge on any atom is 0.183 e. The van der Waals surface area contributed by atoms with Crippen LogP contribution in [0.2, 0.25) is 0 Å². The van der Waals surface area contributed by atoms with Gasteiger partial charge in [-0.25, -0.2) is 10.1 Å². The van der Waals surface area contributed by atoms with Gasteiger partial charge < -0.3 is 9.67 Å². The number of rotatable bonds is 4. The lowest BCUT2D eigenvalue weighted by molar-refractivity contribution is 0.477. The highest BCUT2D eigenvalue weighted by molar-refractivity contribution is 5.75. The van der Waals surface area contributed by atoms with E-state index in [0.29, 0.717) is 11.4 Å². The fourth-order valence-corrected chi connectivity index (χ4v) is 3.31. The molecule has 2 aromatic heterocycles. The van der Waals surface area contributed by atoms with Crippen molar-refractivity contribution in [2.45, 2.75) is 6.54 Å². The average molecular weight is 368 g/mol. The second-order valence-electron chi connectivity index (χ2n) is 6.54. The van der Waals surface area contributed by atoms with E-state index in [1.165, 1.54) is 5.56 Å². The summed E-state index contributed by atoms with van der Waals surface area (Å²) >= 11 is 0. The first-order valence-corrected chi connectivity index (χ1v) is 8.84. The van der Waals surface area contributed by atoms with Gasteiger partial charge in [-0.1, -0.05) is 42.5 Å². The SMILES string of the molecule is Oc1ccc(-c2ccc(Cn3cnc4ccccc43)cc2)cc1-c1nnn[nH]1. The van der Waals surface area contributed by atoms with Crippen LogP contribution in [0.4, 0.5) is 0 Å². The Labute approximate surface area is 160 Å². The summed E-state index contributed by atoms with van der Waals surface area (Å²) in [6.45, 7) is 0.755. The van der Waals surface area contributed by atoms with Crippen LogP contribution >= 0.6 is 0 Å². The lowest BCUT2D eigenvalue weighted by Gasteiger charge is -2.08. The van der Waals surface area contributed by atoms with Gasteiger partial charge in [0.05, 0.1) is 22.9 Å². The summed E-state index contributed by atoms with van der Waals surface area (Å²) in [6.07, 6.45) is 1.87. The van der Waals surface area contributed by atoms with Gasteiger partial charge in [0.2, 0.25) is 0 Å². The van der Waals surface area contributed by atoms with Crippen molar-refractivity contribution in [2.75, 3.05) is 0 Å². The number of nitrogens with one attached hydrogen (secondary N) is 1. The molecule has 0 saturated carbocycles. The lowest BCUT2D eigenvalue weighted by atomic mass is 10.0. The Morgan fingerprint density at radius 2 is 1.75 bits per heavy atom. The van der Waals surface area contributed by atoms with Crippen LogP contribution in [-0.2, 0) is 6.54 Å². The number of benzene rings is 3. The van der Waals surface area contributed by atoms with Gasteiger partial charge in [0.25, 0.3) is 0 Å². The molecule has 0 fully saturated rings. The van der Waals surface area contributed by atoms with Gasteiger partial charge in [0, 0.05) is 6.54 Å². The van der Waals surface area contributed by atoms with E-state index in [1.807, 2.05) is 36.7 Å². The van der Waals surface area contributed by atoms with Crippen LogP contribution in [-0.4, -0.2) is 35.3 Å². The average Bonchev–Trinajstić information content (AvgIpc) is 3.40. The number of hydrogen-bond acceptors (Lipinski definition) is 5. The molecule has 0 atom stereocenters. The van der Waals surface area contributed by atoms with E-state index in [4.69, 9.17) is 0 Å². The van der Waals surface area contributed by atoms with Gasteiger partial charge in [-0.2, -0.15) is 0 Å². The molecule has 28 heavy (non-hydrogen) atoms. The Bertz CT molecular complexity index is 1240. The molecule has 0 radical (unpaired) electrons. The smallest absolute Gasteiger partial charge is 0.183 e. The fourth-order valence-electron chi connectivity index (χ4n) is 3.31. The second kappa shape index (κ2) is 6.62.